The molecule has 0 bridgehead atoms. The van der Waals surface area contributed by atoms with Gasteiger partial charge >= 0.3 is 0 Å². The highest BCUT2D eigenvalue weighted by atomic mass is 35.5. The van der Waals surface area contributed by atoms with E-state index in [1.165, 1.54) is 26.4 Å². The second-order valence-electron chi connectivity index (χ2n) is 4.27. The summed E-state index contributed by atoms with van der Waals surface area (Å²) in [7, 11) is 2.92. The van der Waals surface area contributed by atoms with Gasteiger partial charge < -0.3 is 14.8 Å². The van der Waals surface area contributed by atoms with Gasteiger partial charge in [0.1, 0.15) is 17.3 Å². The molecule has 2 rings (SSSR count). The second-order valence-corrected chi connectivity index (χ2v) is 5.08. The summed E-state index contributed by atoms with van der Waals surface area (Å²) in [5.74, 6) is -0.250. The number of nitrogens with one attached hydrogen (secondary N) is 1. The number of methoxy groups -OCH3 is 2. The van der Waals surface area contributed by atoms with E-state index in [-0.39, 0.29) is 10.6 Å². The van der Waals surface area contributed by atoms with Gasteiger partial charge in [-0.05, 0) is 24.3 Å². The number of benzene rings is 2. The molecule has 0 fully saturated rings. The first-order chi connectivity index (χ1) is 10.5. The van der Waals surface area contributed by atoms with E-state index in [0.29, 0.717) is 22.2 Å². The first-order valence-electron chi connectivity index (χ1n) is 6.14. The smallest absolute Gasteiger partial charge is 0.257 e. The molecule has 0 spiro atoms. The van der Waals surface area contributed by atoms with Gasteiger partial charge in [-0.2, -0.15) is 0 Å². The van der Waals surface area contributed by atoms with Crippen molar-refractivity contribution in [1.82, 2.24) is 0 Å². The zero-order chi connectivity index (χ0) is 16.3. The highest BCUT2D eigenvalue weighted by molar-refractivity contribution is 6.34. The van der Waals surface area contributed by atoms with Crippen molar-refractivity contribution in [2.24, 2.45) is 0 Å². The Morgan fingerprint density at radius 2 is 1.73 bits per heavy atom. The fraction of sp³-hybridized carbons (Fsp3) is 0.133. The Kier molecular flexibility index (Phi) is 5.11. The maximum Gasteiger partial charge on any atom is 0.257 e. The number of ether oxygens (including phenoxy) is 2. The highest BCUT2D eigenvalue weighted by Crippen LogP contribution is 2.36. The Bertz CT molecular complexity index is 722. The molecule has 0 aliphatic rings. The van der Waals surface area contributed by atoms with Crippen LogP contribution in [0.25, 0.3) is 0 Å². The van der Waals surface area contributed by atoms with Crippen molar-refractivity contribution in [3.8, 4) is 11.5 Å². The Hall–Kier alpha value is -1.98. The molecule has 7 heteroatoms. The molecule has 0 saturated heterocycles. The molecule has 0 aliphatic heterocycles. The lowest BCUT2D eigenvalue weighted by atomic mass is 10.2. The Balaban J connectivity index is 2.33. The summed E-state index contributed by atoms with van der Waals surface area (Å²) in [5, 5.41) is 2.94. The van der Waals surface area contributed by atoms with E-state index in [0.717, 1.165) is 12.1 Å². The maximum atomic E-state index is 13.0. The minimum absolute atomic E-state index is 0.0103. The summed E-state index contributed by atoms with van der Waals surface area (Å²) in [4.78, 5) is 12.2. The number of hydrogen-bond donors (Lipinski definition) is 1. The van der Waals surface area contributed by atoms with Gasteiger partial charge in [-0.1, -0.05) is 23.2 Å². The van der Waals surface area contributed by atoms with Gasteiger partial charge in [0, 0.05) is 6.07 Å². The first kappa shape index (κ1) is 16.4. The van der Waals surface area contributed by atoms with E-state index in [4.69, 9.17) is 32.7 Å². The van der Waals surface area contributed by atoms with Crippen LogP contribution in [0.1, 0.15) is 10.4 Å². The number of carbonyl (C=O) groups excluding carboxylic acids is 1. The second kappa shape index (κ2) is 6.85. The monoisotopic (exact) mass is 343 g/mol. The van der Waals surface area contributed by atoms with Crippen LogP contribution in [0.2, 0.25) is 10.0 Å². The molecule has 4 nitrogen and oxygen atoms in total. The van der Waals surface area contributed by atoms with E-state index in [9.17, 15) is 9.18 Å². The molecule has 0 aliphatic carbocycles. The summed E-state index contributed by atoms with van der Waals surface area (Å²) in [6.07, 6.45) is 0. The number of amides is 1. The molecule has 1 N–H and O–H groups in total. The van der Waals surface area contributed by atoms with Gasteiger partial charge in [0.15, 0.2) is 0 Å². The maximum absolute atomic E-state index is 13.0. The van der Waals surface area contributed by atoms with Gasteiger partial charge in [-0.3, -0.25) is 4.79 Å². The molecular weight excluding hydrogens is 332 g/mol. The highest BCUT2D eigenvalue weighted by Gasteiger charge is 2.16. The third kappa shape index (κ3) is 3.43. The third-order valence-electron chi connectivity index (χ3n) is 2.90. The van der Waals surface area contributed by atoms with Crippen LogP contribution in [0.5, 0.6) is 11.5 Å². The largest absolute Gasteiger partial charge is 0.495 e. The van der Waals surface area contributed by atoms with E-state index in [1.54, 1.807) is 6.07 Å². The lowest BCUT2D eigenvalue weighted by Crippen LogP contribution is -2.13. The van der Waals surface area contributed by atoms with Gasteiger partial charge in [-0.25, -0.2) is 4.39 Å². The van der Waals surface area contributed by atoms with Crippen molar-refractivity contribution in [3.05, 3.63) is 51.8 Å². The van der Waals surface area contributed by atoms with Crippen LogP contribution in [0, 0.1) is 5.82 Å². The van der Waals surface area contributed by atoms with E-state index in [1.807, 2.05) is 0 Å². The topological polar surface area (TPSA) is 47.6 Å². The SMILES string of the molecule is COc1cc(OC)c(NC(=O)c2ccc(F)cc2Cl)cc1Cl. The van der Waals surface area contributed by atoms with Crippen LogP contribution in [0.15, 0.2) is 30.3 Å². The molecule has 0 radical (unpaired) electrons. The average Bonchev–Trinajstić information content (AvgIpc) is 2.47. The fourth-order valence-electron chi connectivity index (χ4n) is 1.82. The molecule has 0 saturated carbocycles. The summed E-state index contributed by atoms with van der Waals surface area (Å²) in [6.45, 7) is 0. The molecule has 116 valence electrons. The quantitative estimate of drug-likeness (QED) is 0.894. The van der Waals surface area contributed by atoms with E-state index in [2.05, 4.69) is 5.32 Å². The lowest BCUT2D eigenvalue weighted by Gasteiger charge is -2.13. The Morgan fingerprint density at radius 3 is 2.32 bits per heavy atom. The summed E-state index contributed by atoms with van der Waals surface area (Å²) < 4.78 is 23.3. The van der Waals surface area contributed by atoms with Crippen LogP contribution < -0.4 is 14.8 Å². The van der Waals surface area contributed by atoms with Crippen molar-refractivity contribution in [2.45, 2.75) is 0 Å². The van der Waals surface area contributed by atoms with Crippen molar-refractivity contribution >= 4 is 34.8 Å². The third-order valence-corrected chi connectivity index (χ3v) is 3.51. The number of carbonyl (C=O) groups is 1. The number of hydrogen-bond acceptors (Lipinski definition) is 3. The number of halogens is 3. The van der Waals surface area contributed by atoms with Crippen LogP contribution in [0.4, 0.5) is 10.1 Å². The zero-order valence-corrected chi connectivity index (χ0v) is 13.3. The fourth-order valence-corrected chi connectivity index (χ4v) is 2.31. The molecule has 0 unspecified atom stereocenters. The molecular formula is C15H12Cl2FNO3. The summed E-state index contributed by atoms with van der Waals surface area (Å²) >= 11 is 11.9. The average molecular weight is 344 g/mol. The predicted octanol–water partition coefficient (Wildman–Crippen LogP) is 4.40. The Morgan fingerprint density at radius 1 is 1.05 bits per heavy atom. The predicted molar refractivity (Wildman–Crippen MR) is 83.9 cm³/mol. The van der Waals surface area contributed by atoms with Crippen LogP contribution in [-0.2, 0) is 0 Å². The van der Waals surface area contributed by atoms with Crippen LogP contribution in [-0.4, -0.2) is 20.1 Å². The first-order valence-corrected chi connectivity index (χ1v) is 6.89. The summed E-state index contributed by atoms with van der Waals surface area (Å²) in [6, 6.07) is 6.55. The normalized spacial score (nSPS) is 10.2. The minimum Gasteiger partial charge on any atom is -0.495 e. The van der Waals surface area contributed by atoms with E-state index < -0.39 is 11.7 Å². The molecule has 2 aromatic carbocycles. The van der Waals surface area contributed by atoms with Crippen molar-refractivity contribution in [1.29, 1.82) is 0 Å². The molecule has 0 aromatic heterocycles. The van der Waals surface area contributed by atoms with Crippen molar-refractivity contribution in [3.63, 3.8) is 0 Å². The zero-order valence-electron chi connectivity index (χ0n) is 11.7. The van der Waals surface area contributed by atoms with Crippen LogP contribution in [0.3, 0.4) is 0 Å². The van der Waals surface area contributed by atoms with Gasteiger partial charge in [0.05, 0.1) is 35.5 Å². The minimum atomic E-state index is -0.522. The van der Waals surface area contributed by atoms with Gasteiger partial charge in [0.25, 0.3) is 5.91 Å². The lowest BCUT2D eigenvalue weighted by molar-refractivity contribution is 0.102. The molecule has 0 heterocycles. The summed E-state index contributed by atoms with van der Waals surface area (Å²) in [5.41, 5.74) is 0.482. The number of rotatable bonds is 4. The number of anilines is 1. The van der Waals surface area contributed by atoms with Crippen molar-refractivity contribution < 1.29 is 18.7 Å². The van der Waals surface area contributed by atoms with Crippen molar-refractivity contribution in [2.75, 3.05) is 19.5 Å². The molecule has 22 heavy (non-hydrogen) atoms. The standard InChI is InChI=1S/C15H12Cl2FNO3/c1-21-13-7-14(22-2)12(6-11(13)17)19-15(20)9-4-3-8(18)5-10(9)16/h3-7H,1-2H3,(H,19,20). The van der Waals surface area contributed by atoms with Crippen LogP contribution >= 0.6 is 23.2 Å². The van der Waals surface area contributed by atoms with E-state index >= 15 is 0 Å². The molecule has 0 atom stereocenters. The Labute approximate surface area is 136 Å². The molecule has 2 aromatic rings. The van der Waals surface area contributed by atoms with Gasteiger partial charge in [-0.15, -0.1) is 0 Å². The molecule has 1 amide bonds. The van der Waals surface area contributed by atoms with Gasteiger partial charge in [0.2, 0.25) is 0 Å².